The molecule has 6 nitrogen and oxygen atoms in total. The van der Waals surface area contributed by atoms with E-state index in [1.54, 1.807) is 13.0 Å². The fraction of sp³-hybridized carbons (Fsp3) is 0.238. The minimum absolute atomic E-state index is 0.0520. The number of esters is 1. The second-order valence-corrected chi connectivity index (χ2v) is 9.48. The minimum Gasteiger partial charge on any atom is -0.465 e. The van der Waals surface area contributed by atoms with Crippen molar-refractivity contribution < 1.29 is 31.1 Å². The number of aromatic nitrogens is 2. The van der Waals surface area contributed by atoms with Crippen LogP contribution in [0, 0.1) is 6.92 Å². The van der Waals surface area contributed by atoms with Crippen LogP contribution in [0.5, 0.6) is 0 Å². The van der Waals surface area contributed by atoms with Gasteiger partial charge >= 0.3 is 12.1 Å². The maximum absolute atomic E-state index is 13.6. The first-order chi connectivity index (χ1) is 14.9. The lowest BCUT2D eigenvalue weighted by Gasteiger charge is -2.11. The van der Waals surface area contributed by atoms with Crippen molar-refractivity contribution in [1.29, 1.82) is 0 Å². The molecular formula is C21H18ClF3N2O4S. The Labute approximate surface area is 187 Å². The number of sulfone groups is 1. The first kappa shape index (κ1) is 23.8. The fourth-order valence-corrected chi connectivity index (χ4v) is 4.30. The number of nitrogens with zero attached hydrogens (tertiary/aromatic N) is 1. The molecule has 0 amide bonds. The van der Waals surface area contributed by atoms with E-state index < -0.39 is 33.4 Å². The summed E-state index contributed by atoms with van der Waals surface area (Å²) in [6.45, 7) is 2.60. The van der Waals surface area contributed by atoms with Crippen molar-refractivity contribution in [2.45, 2.75) is 24.9 Å². The summed E-state index contributed by atoms with van der Waals surface area (Å²) < 4.78 is 70.2. The third kappa shape index (κ3) is 5.13. The number of H-pyrrole nitrogens is 1. The van der Waals surface area contributed by atoms with Crippen LogP contribution in [0.4, 0.5) is 13.2 Å². The van der Waals surface area contributed by atoms with Crippen LogP contribution in [-0.4, -0.2) is 36.9 Å². The number of rotatable bonds is 6. The Morgan fingerprint density at radius 1 is 1.12 bits per heavy atom. The zero-order valence-electron chi connectivity index (χ0n) is 17.0. The van der Waals surface area contributed by atoms with Crippen molar-refractivity contribution in [2.24, 2.45) is 0 Å². The molecule has 0 aliphatic rings. The molecule has 11 heteroatoms. The van der Waals surface area contributed by atoms with E-state index in [2.05, 4.69) is 14.9 Å². The Bertz CT molecular complexity index is 1250. The molecule has 1 heterocycles. The molecule has 2 aromatic carbocycles. The molecule has 3 aromatic rings. The first-order valence-electron chi connectivity index (χ1n) is 9.29. The van der Waals surface area contributed by atoms with Crippen molar-refractivity contribution >= 4 is 27.4 Å². The maximum Gasteiger partial charge on any atom is 0.435 e. The summed E-state index contributed by atoms with van der Waals surface area (Å²) in [5.74, 6) is -1.01. The van der Waals surface area contributed by atoms with Gasteiger partial charge in [-0.3, -0.25) is 9.89 Å². The number of halogens is 4. The Balaban J connectivity index is 2.02. The number of hydrogen-bond donors (Lipinski definition) is 1. The molecule has 1 aromatic heterocycles. The van der Waals surface area contributed by atoms with E-state index in [0.29, 0.717) is 16.1 Å². The summed E-state index contributed by atoms with van der Waals surface area (Å²) >= 11 is 6.12. The number of hydrogen-bond acceptors (Lipinski definition) is 5. The van der Waals surface area contributed by atoms with Gasteiger partial charge in [-0.2, -0.15) is 18.3 Å². The SMILES string of the molecule is CC(=O)OCCS(=O)(=O)c1ccc(-c2[nH]nc(C(F)(F)F)c2-c2ccc(C)c(Cl)c2)cc1. The zero-order valence-corrected chi connectivity index (χ0v) is 18.5. The summed E-state index contributed by atoms with van der Waals surface area (Å²) in [6.07, 6.45) is -4.72. The largest absolute Gasteiger partial charge is 0.465 e. The maximum atomic E-state index is 13.6. The summed E-state index contributed by atoms with van der Waals surface area (Å²) in [4.78, 5) is 10.8. The van der Waals surface area contributed by atoms with Gasteiger partial charge in [0.1, 0.15) is 6.61 Å². The second-order valence-electron chi connectivity index (χ2n) is 6.97. The highest BCUT2D eigenvalue weighted by molar-refractivity contribution is 7.91. The third-order valence-corrected chi connectivity index (χ3v) is 6.76. The van der Waals surface area contributed by atoms with Crippen molar-refractivity contribution in [3.63, 3.8) is 0 Å². The van der Waals surface area contributed by atoms with Crippen LogP contribution in [-0.2, 0) is 25.5 Å². The molecule has 0 aliphatic heterocycles. The standard InChI is InChI=1S/C21H18ClF3N2O4S/c1-12-3-4-15(11-17(12)22)18-19(26-27-20(18)21(23,24)25)14-5-7-16(8-6-14)32(29,30)10-9-31-13(2)28/h3-8,11H,9-10H2,1-2H3,(H,26,27). The Morgan fingerprint density at radius 2 is 1.75 bits per heavy atom. The highest BCUT2D eigenvalue weighted by atomic mass is 35.5. The lowest BCUT2D eigenvalue weighted by molar-refractivity contribution is -0.141. The highest BCUT2D eigenvalue weighted by Crippen LogP contribution is 2.42. The Kier molecular flexibility index (Phi) is 6.66. The van der Waals surface area contributed by atoms with Gasteiger partial charge in [0.15, 0.2) is 15.5 Å². The summed E-state index contributed by atoms with van der Waals surface area (Å²) in [5, 5.41) is 6.18. The van der Waals surface area contributed by atoms with Crippen LogP contribution in [0.15, 0.2) is 47.4 Å². The highest BCUT2D eigenvalue weighted by Gasteiger charge is 2.38. The average molecular weight is 487 g/mol. The lowest BCUT2D eigenvalue weighted by Crippen LogP contribution is -2.14. The van der Waals surface area contributed by atoms with Gasteiger partial charge in [0, 0.05) is 23.1 Å². The van der Waals surface area contributed by atoms with Crippen molar-refractivity contribution in [3.8, 4) is 22.4 Å². The molecule has 0 unspecified atom stereocenters. The molecule has 0 fully saturated rings. The normalized spacial score (nSPS) is 12.1. The summed E-state index contributed by atoms with van der Waals surface area (Å²) in [6, 6.07) is 9.86. The predicted molar refractivity (Wildman–Crippen MR) is 113 cm³/mol. The van der Waals surface area contributed by atoms with Gasteiger partial charge < -0.3 is 4.74 Å². The van der Waals surface area contributed by atoms with Gasteiger partial charge in [-0.05, 0) is 36.2 Å². The number of aryl methyl sites for hydroxylation is 1. The van der Waals surface area contributed by atoms with Crippen LogP contribution in [0.1, 0.15) is 18.2 Å². The van der Waals surface area contributed by atoms with E-state index in [0.717, 1.165) is 0 Å². The molecule has 0 aliphatic carbocycles. The number of carbonyl (C=O) groups is 1. The Morgan fingerprint density at radius 3 is 2.31 bits per heavy atom. The molecule has 0 saturated carbocycles. The van der Waals surface area contributed by atoms with E-state index in [9.17, 15) is 26.4 Å². The third-order valence-electron chi connectivity index (χ3n) is 4.65. The monoisotopic (exact) mass is 486 g/mol. The molecule has 0 atom stereocenters. The number of nitrogens with one attached hydrogen (secondary N) is 1. The molecule has 170 valence electrons. The van der Waals surface area contributed by atoms with Gasteiger partial charge in [-0.1, -0.05) is 35.9 Å². The van der Waals surface area contributed by atoms with E-state index in [-0.39, 0.29) is 28.3 Å². The second kappa shape index (κ2) is 8.95. The first-order valence-corrected chi connectivity index (χ1v) is 11.3. The molecule has 0 bridgehead atoms. The average Bonchev–Trinajstić information content (AvgIpc) is 3.15. The summed E-state index contributed by atoms with van der Waals surface area (Å²) in [5.41, 5.74) is 0.00203. The van der Waals surface area contributed by atoms with Crippen LogP contribution < -0.4 is 0 Å². The van der Waals surface area contributed by atoms with Gasteiger partial charge in [-0.15, -0.1) is 0 Å². The van der Waals surface area contributed by atoms with Crippen molar-refractivity contribution in [3.05, 3.63) is 58.7 Å². The van der Waals surface area contributed by atoms with E-state index >= 15 is 0 Å². The molecule has 32 heavy (non-hydrogen) atoms. The Hall–Kier alpha value is -2.85. The van der Waals surface area contributed by atoms with E-state index in [1.807, 2.05) is 0 Å². The lowest BCUT2D eigenvalue weighted by atomic mass is 9.98. The van der Waals surface area contributed by atoms with Crippen molar-refractivity contribution in [1.82, 2.24) is 10.2 Å². The number of ether oxygens (including phenoxy) is 1. The van der Waals surface area contributed by atoms with Crippen molar-refractivity contribution in [2.75, 3.05) is 12.4 Å². The molecule has 1 N–H and O–H groups in total. The van der Waals surface area contributed by atoms with E-state index in [4.69, 9.17) is 11.6 Å². The van der Waals surface area contributed by atoms with Crippen LogP contribution in [0.3, 0.4) is 0 Å². The van der Waals surface area contributed by atoms with Crippen LogP contribution in [0.25, 0.3) is 22.4 Å². The molecule has 0 saturated heterocycles. The topological polar surface area (TPSA) is 89.1 Å². The zero-order chi connectivity index (χ0) is 23.7. The summed E-state index contributed by atoms with van der Waals surface area (Å²) in [7, 11) is -3.75. The molecule has 0 spiro atoms. The minimum atomic E-state index is -4.72. The molecule has 0 radical (unpaired) electrons. The van der Waals surface area contributed by atoms with Gasteiger partial charge in [0.2, 0.25) is 0 Å². The molecular weight excluding hydrogens is 469 g/mol. The predicted octanol–water partition coefficient (Wildman–Crippen LogP) is 5.06. The number of carbonyl (C=O) groups excluding carboxylic acids is 1. The number of aromatic amines is 1. The van der Waals surface area contributed by atoms with Crippen LogP contribution in [0.2, 0.25) is 5.02 Å². The van der Waals surface area contributed by atoms with Gasteiger partial charge in [0.25, 0.3) is 0 Å². The van der Waals surface area contributed by atoms with Gasteiger partial charge in [0.05, 0.1) is 16.3 Å². The fourth-order valence-electron chi connectivity index (χ4n) is 3.03. The quantitative estimate of drug-likeness (QED) is 0.492. The van der Waals surface area contributed by atoms with E-state index in [1.165, 1.54) is 43.3 Å². The smallest absolute Gasteiger partial charge is 0.435 e. The number of alkyl halides is 3. The number of benzene rings is 2. The van der Waals surface area contributed by atoms with Gasteiger partial charge in [-0.25, -0.2) is 8.42 Å². The molecule has 3 rings (SSSR count). The van der Waals surface area contributed by atoms with Crippen LogP contribution >= 0.6 is 11.6 Å².